The van der Waals surface area contributed by atoms with Gasteiger partial charge in [0.1, 0.15) is 6.04 Å². The number of fused-ring (bicyclic) bond motifs is 2. The maximum absolute atomic E-state index is 5.63. The highest BCUT2D eigenvalue weighted by atomic mass is 16.7. The maximum Gasteiger partial charge on any atom is 0.273 e. The van der Waals surface area contributed by atoms with Gasteiger partial charge in [0.2, 0.25) is 6.79 Å². The average Bonchev–Trinajstić information content (AvgIpc) is 3.29. The van der Waals surface area contributed by atoms with Crippen molar-refractivity contribution < 1.29 is 14.5 Å². The third kappa shape index (κ3) is 2.85. The van der Waals surface area contributed by atoms with E-state index in [0.717, 1.165) is 34.1 Å². The third-order valence-electron chi connectivity index (χ3n) is 5.22. The van der Waals surface area contributed by atoms with Gasteiger partial charge in [-0.05, 0) is 43.7 Å². The van der Waals surface area contributed by atoms with E-state index < -0.39 is 0 Å². The molecular weight excluding hydrogens is 350 g/mol. The number of anilines is 1. The lowest BCUT2D eigenvalue weighted by molar-refractivity contribution is -0.361. The van der Waals surface area contributed by atoms with Gasteiger partial charge in [0.25, 0.3) is 5.82 Å². The number of para-hydroxylation sites is 1. The molecule has 1 aliphatic rings. The van der Waals surface area contributed by atoms with Crippen LogP contribution in [0.2, 0.25) is 0 Å². The van der Waals surface area contributed by atoms with Gasteiger partial charge in [-0.25, -0.2) is 4.98 Å². The minimum atomic E-state index is -0.0521. The molecule has 4 aromatic rings. The van der Waals surface area contributed by atoms with Gasteiger partial charge >= 0.3 is 0 Å². The van der Waals surface area contributed by atoms with Crippen LogP contribution in [-0.2, 0) is 0 Å². The number of aromatic amines is 2. The molecule has 0 saturated carbocycles. The summed E-state index contributed by atoms with van der Waals surface area (Å²) in [7, 11) is 0. The van der Waals surface area contributed by atoms with Crippen LogP contribution in [0.4, 0.5) is 5.82 Å². The molecule has 140 valence electrons. The largest absolute Gasteiger partial charge is 0.454 e. The number of hydrogen-bond donors (Lipinski definition) is 2. The van der Waals surface area contributed by atoms with E-state index in [1.54, 1.807) is 0 Å². The standard InChI is InChI=1S/C23H21N3O2/c1-14-9-10-24-21(11-14)26-23(16-7-8-19-20(12-16)28-13-27-19)22-15(2)25-18-6-4-3-5-17(18)22/h3-12,23,25H,13H2,1-2H3,(H,24,26)/p+1/t23-/m1/s1. The molecule has 3 heterocycles. The molecule has 5 nitrogen and oxygen atoms in total. The molecule has 2 aromatic heterocycles. The number of rotatable bonds is 4. The minimum absolute atomic E-state index is 0.0521. The van der Waals surface area contributed by atoms with Gasteiger partial charge in [0.15, 0.2) is 11.5 Å². The molecule has 1 atom stereocenters. The summed E-state index contributed by atoms with van der Waals surface area (Å²) in [6.45, 7) is 4.48. The zero-order chi connectivity index (χ0) is 19.1. The van der Waals surface area contributed by atoms with Gasteiger partial charge in [-0.3, -0.25) is 5.32 Å². The molecule has 0 radical (unpaired) electrons. The van der Waals surface area contributed by atoms with Crippen LogP contribution in [-0.4, -0.2) is 11.8 Å². The van der Waals surface area contributed by atoms with Crippen LogP contribution < -0.4 is 19.8 Å². The molecule has 0 saturated heterocycles. The molecule has 5 rings (SSSR count). The Bertz CT molecular complexity index is 1170. The van der Waals surface area contributed by atoms with Crippen molar-refractivity contribution >= 4 is 16.7 Å². The molecule has 0 unspecified atom stereocenters. The van der Waals surface area contributed by atoms with Crippen LogP contribution in [0.15, 0.2) is 60.8 Å². The van der Waals surface area contributed by atoms with Crippen molar-refractivity contribution in [2.24, 2.45) is 0 Å². The van der Waals surface area contributed by atoms with E-state index >= 15 is 0 Å². The van der Waals surface area contributed by atoms with Gasteiger partial charge in [-0.15, -0.1) is 0 Å². The first-order valence-corrected chi connectivity index (χ1v) is 9.41. The lowest BCUT2D eigenvalue weighted by atomic mass is 9.95. The first-order chi connectivity index (χ1) is 13.7. The Labute approximate surface area is 163 Å². The van der Waals surface area contributed by atoms with E-state index in [4.69, 9.17) is 9.47 Å². The number of aryl methyl sites for hydroxylation is 2. The van der Waals surface area contributed by atoms with E-state index in [-0.39, 0.29) is 12.8 Å². The Balaban J connectivity index is 1.67. The maximum atomic E-state index is 5.63. The SMILES string of the molecule is Cc1cc[nH+]c(N[C@H](c2ccc3c(c2)OCO3)c2c(C)[nH]c3ccccc23)c1. The summed E-state index contributed by atoms with van der Waals surface area (Å²) in [5, 5.41) is 4.90. The van der Waals surface area contributed by atoms with E-state index in [9.17, 15) is 0 Å². The minimum Gasteiger partial charge on any atom is -0.454 e. The molecule has 0 spiro atoms. The third-order valence-corrected chi connectivity index (χ3v) is 5.22. The molecule has 1 aliphatic heterocycles. The fourth-order valence-electron chi connectivity index (χ4n) is 3.90. The second kappa shape index (κ2) is 6.60. The highest BCUT2D eigenvalue weighted by Crippen LogP contribution is 2.39. The van der Waals surface area contributed by atoms with Crippen LogP contribution in [0, 0.1) is 13.8 Å². The van der Waals surface area contributed by atoms with Crippen LogP contribution in [0.5, 0.6) is 11.5 Å². The first-order valence-electron chi connectivity index (χ1n) is 9.41. The lowest BCUT2D eigenvalue weighted by Crippen LogP contribution is -2.19. The summed E-state index contributed by atoms with van der Waals surface area (Å²) in [4.78, 5) is 6.83. The summed E-state index contributed by atoms with van der Waals surface area (Å²) in [6, 6.07) is 18.7. The topological polar surface area (TPSA) is 60.4 Å². The Morgan fingerprint density at radius 2 is 1.86 bits per heavy atom. The summed E-state index contributed by atoms with van der Waals surface area (Å²) < 4.78 is 11.1. The molecule has 3 N–H and O–H groups in total. The Hall–Kier alpha value is -3.47. The predicted molar refractivity (Wildman–Crippen MR) is 109 cm³/mol. The Morgan fingerprint density at radius 3 is 2.75 bits per heavy atom. The second-order valence-electron chi connectivity index (χ2n) is 7.18. The van der Waals surface area contributed by atoms with E-state index in [2.05, 4.69) is 77.7 Å². The van der Waals surface area contributed by atoms with Crippen LogP contribution >= 0.6 is 0 Å². The lowest BCUT2D eigenvalue weighted by Gasteiger charge is -2.17. The highest BCUT2D eigenvalue weighted by Gasteiger charge is 2.27. The Kier molecular flexibility index (Phi) is 3.93. The van der Waals surface area contributed by atoms with Crippen molar-refractivity contribution in [3.05, 3.63) is 83.2 Å². The molecule has 0 amide bonds. The number of pyridine rings is 1. The zero-order valence-electron chi connectivity index (χ0n) is 15.9. The first kappa shape index (κ1) is 16.7. The number of aromatic nitrogens is 2. The Morgan fingerprint density at radius 1 is 1.00 bits per heavy atom. The van der Waals surface area contributed by atoms with Gasteiger partial charge in [0.05, 0.1) is 6.20 Å². The molecule has 5 heteroatoms. The quantitative estimate of drug-likeness (QED) is 0.553. The van der Waals surface area contributed by atoms with E-state index in [1.165, 1.54) is 16.5 Å². The zero-order valence-corrected chi connectivity index (χ0v) is 15.9. The molecule has 0 aliphatic carbocycles. The number of benzene rings is 2. The summed E-state index contributed by atoms with van der Waals surface area (Å²) >= 11 is 0. The van der Waals surface area contributed by atoms with E-state index in [0.29, 0.717) is 0 Å². The van der Waals surface area contributed by atoms with Gasteiger partial charge < -0.3 is 14.5 Å². The van der Waals surface area contributed by atoms with Gasteiger partial charge in [-0.2, -0.15) is 0 Å². The van der Waals surface area contributed by atoms with Crippen molar-refractivity contribution in [3.8, 4) is 11.5 Å². The van der Waals surface area contributed by atoms with Crippen LogP contribution in [0.1, 0.15) is 28.4 Å². The van der Waals surface area contributed by atoms with Gasteiger partial charge in [-0.1, -0.05) is 24.3 Å². The fraction of sp³-hybridized carbons (Fsp3) is 0.174. The number of hydrogen-bond acceptors (Lipinski definition) is 3. The van der Waals surface area contributed by atoms with E-state index in [1.807, 2.05) is 12.3 Å². The molecule has 0 bridgehead atoms. The second-order valence-corrected chi connectivity index (χ2v) is 7.18. The molecule has 2 aromatic carbocycles. The number of ether oxygens (including phenoxy) is 2. The fourth-order valence-corrected chi connectivity index (χ4v) is 3.90. The molecular formula is C23H22N3O2+. The molecule has 28 heavy (non-hydrogen) atoms. The van der Waals surface area contributed by atoms with Crippen LogP contribution in [0.25, 0.3) is 10.9 Å². The smallest absolute Gasteiger partial charge is 0.273 e. The number of nitrogens with one attached hydrogen (secondary N) is 3. The molecule has 0 fully saturated rings. The predicted octanol–water partition coefficient (Wildman–Crippen LogP) is 4.53. The number of H-pyrrole nitrogens is 2. The van der Waals surface area contributed by atoms with Crippen molar-refractivity contribution in [2.45, 2.75) is 19.9 Å². The summed E-state index contributed by atoms with van der Waals surface area (Å²) in [5.74, 6) is 2.54. The summed E-state index contributed by atoms with van der Waals surface area (Å²) in [5.41, 5.74) is 5.82. The average molecular weight is 372 g/mol. The van der Waals surface area contributed by atoms with Crippen LogP contribution in [0.3, 0.4) is 0 Å². The highest BCUT2D eigenvalue weighted by molar-refractivity contribution is 5.86. The van der Waals surface area contributed by atoms with Gasteiger partial charge in [0, 0.05) is 33.8 Å². The van der Waals surface area contributed by atoms with Crippen molar-refractivity contribution in [1.82, 2.24) is 4.98 Å². The normalized spacial score (nSPS) is 13.6. The van der Waals surface area contributed by atoms with Crippen molar-refractivity contribution in [2.75, 3.05) is 12.1 Å². The summed E-state index contributed by atoms with van der Waals surface area (Å²) in [6.07, 6.45) is 1.95. The van der Waals surface area contributed by atoms with Crippen molar-refractivity contribution in [1.29, 1.82) is 0 Å². The van der Waals surface area contributed by atoms with Crippen molar-refractivity contribution in [3.63, 3.8) is 0 Å². The monoisotopic (exact) mass is 372 g/mol.